The van der Waals surface area contributed by atoms with E-state index in [0.717, 1.165) is 17.4 Å². The van der Waals surface area contributed by atoms with Gasteiger partial charge in [-0.05, 0) is 58.2 Å². The van der Waals surface area contributed by atoms with Gasteiger partial charge in [0.1, 0.15) is 0 Å². The van der Waals surface area contributed by atoms with Crippen LogP contribution >= 0.6 is 0 Å². The number of aryl methyl sites for hydroxylation is 2. The minimum absolute atomic E-state index is 0.472. The second kappa shape index (κ2) is 6.17. The molecule has 4 heterocycles. The molecule has 2 bridgehead atoms. The molecule has 0 aliphatic carbocycles. The molecule has 0 spiro atoms. The average Bonchev–Trinajstić information content (AvgIpc) is 2.58. The number of piperidine rings is 3. The van der Waals surface area contributed by atoms with Crippen molar-refractivity contribution in [2.45, 2.75) is 45.7 Å². The number of rotatable bonds is 3. The summed E-state index contributed by atoms with van der Waals surface area (Å²) in [5.74, 6) is 1.52. The SMILES string of the molecule is Cc1cc(C)cc(-c2cnc(NC3C4CCN(CC4)C3C)nc2)c1. The van der Waals surface area contributed by atoms with Crippen molar-refractivity contribution in [1.82, 2.24) is 14.9 Å². The molecule has 3 aliphatic rings. The molecule has 126 valence electrons. The molecule has 0 saturated carbocycles. The summed E-state index contributed by atoms with van der Waals surface area (Å²) in [6.45, 7) is 9.07. The Hall–Kier alpha value is -1.94. The number of hydrogen-bond donors (Lipinski definition) is 1. The van der Waals surface area contributed by atoms with Gasteiger partial charge in [0.2, 0.25) is 5.95 Å². The van der Waals surface area contributed by atoms with Gasteiger partial charge in [-0.3, -0.25) is 4.90 Å². The Kier molecular flexibility index (Phi) is 4.01. The lowest BCUT2D eigenvalue weighted by Gasteiger charge is -2.49. The number of nitrogens with one attached hydrogen (secondary N) is 1. The number of anilines is 1. The van der Waals surface area contributed by atoms with Gasteiger partial charge in [0, 0.05) is 30.0 Å². The molecule has 2 atom stereocenters. The highest BCUT2D eigenvalue weighted by molar-refractivity contribution is 5.63. The standard InChI is InChI=1S/C20H26N4/c1-13-8-14(2)10-17(9-13)18-11-21-20(22-12-18)23-19-15(3)24-6-4-16(19)5-7-24/h8-12,15-16,19H,4-7H2,1-3H3,(H,21,22,23). The van der Waals surface area contributed by atoms with Gasteiger partial charge in [-0.2, -0.15) is 0 Å². The Morgan fingerprint density at radius 3 is 2.17 bits per heavy atom. The average molecular weight is 322 g/mol. The quantitative estimate of drug-likeness (QED) is 0.936. The van der Waals surface area contributed by atoms with Gasteiger partial charge >= 0.3 is 0 Å². The third-order valence-electron chi connectivity index (χ3n) is 5.68. The summed E-state index contributed by atoms with van der Waals surface area (Å²) in [5, 5.41) is 3.60. The topological polar surface area (TPSA) is 41.1 Å². The lowest BCUT2D eigenvalue weighted by molar-refractivity contribution is 0.0455. The molecule has 3 fully saturated rings. The highest BCUT2D eigenvalue weighted by Gasteiger charge is 2.39. The molecule has 1 N–H and O–H groups in total. The second-order valence-corrected chi connectivity index (χ2v) is 7.46. The summed E-state index contributed by atoms with van der Waals surface area (Å²) in [4.78, 5) is 11.8. The predicted octanol–water partition coefficient (Wildman–Crippen LogP) is 3.66. The van der Waals surface area contributed by atoms with Crippen molar-refractivity contribution >= 4 is 5.95 Å². The van der Waals surface area contributed by atoms with E-state index in [1.54, 1.807) is 0 Å². The van der Waals surface area contributed by atoms with Gasteiger partial charge in [0.25, 0.3) is 0 Å². The Balaban J connectivity index is 1.52. The van der Waals surface area contributed by atoms with Crippen LogP contribution in [0.2, 0.25) is 0 Å². The van der Waals surface area contributed by atoms with E-state index in [2.05, 4.69) is 59.2 Å². The van der Waals surface area contributed by atoms with E-state index in [9.17, 15) is 0 Å². The van der Waals surface area contributed by atoms with Crippen LogP contribution in [0.15, 0.2) is 30.6 Å². The molecule has 2 aromatic rings. The fourth-order valence-electron chi connectivity index (χ4n) is 4.39. The van der Waals surface area contributed by atoms with E-state index in [1.165, 1.54) is 42.6 Å². The smallest absolute Gasteiger partial charge is 0.222 e. The third-order valence-corrected chi connectivity index (χ3v) is 5.68. The highest BCUT2D eigenvalue weighted by atomic mass is 15.2. The van der Waals surface area contributed by atoms with E-state index < -0.39 is 0 Å². The predicted molar refractivity (Wildman–Crippen MR) is 98.1 cm³/mol. The van der Waals surface area contributed by atoms with Gasteiger partial charge in [-0.1, -0.05) is 29.3 Å². The molecule has 4 heteroatoms. The maximum Gasteiger partial charge on any atom is 0.222 e. The van der Waals surface area contributed by atoms with E-state index >= 15 is 0 Å². The van der Waals surface area contributed by atoms with Crippen LogP contribution < -0.4 is 5.32 Å². The molecule has 1 aromatic carbocycles. The van der Waals surface area contributed by atoms with E-state index in [0.29, 0.717) is 12.1 Å². The van der Waals surface area contributed by atoms with Gasteiger partial charge < -0.3 is 5.32 Å². The molecule has 5 rings (SSSR count). The van der Waals surface area contributed by atoms with Crippen LogP contribution in [0.4, 0.5) is 5.95 Å². The van der Waals surface area contributed by atoms with Gasteiger partial charge in [-0.25, -0.2) is 9.97 Å². The summed E-state index contributed by atoms with van der Waals surface area (Å²) in [6.07, 6.45) is 6.47. The van der Waals surface area contributed by atoms with Gasteiger partial charge in [0.05, 0.1) is 0 Å². The molecule has 0 amide bonds. The summed E-state index contributed by atoms with van der Waals surface area (Å²) in [5.41, 5.74) is 4.81. The van der Waals surface area contributed by atoms with E-state index in [-0.39, 0.29) is 0 Å². The molecular weight excluding hydrogens is 296 g/mol. The third kappa shape index (κ3) is 2.91. The van der Waals surface area contributed by atoms with Crippen LogP contribution in [0.1, 0.15) is 30.9 Å². The van der Waals surface area contributed by atoms with E-state index in [1.807, 2.05) is 12.4 Å². The van der Waals surface area contributed by atoms with Gasteiger partial charge in [-0.15, -0.1) is 0 Å². The highest BCUT2D eigenvalue weighted by Crippen LogP contribution is 2.33. The Labute approximate surface area is 144 Å². The lowest BCUT2D eigenvalue weighted by Crippen LogP contribution is -2.59. The van der Waals surface area contributed by atoms with Crippen LogP contribution in [0.25, 0.3) is 11.1 Å². The number of fused-ring (bicyclic) bond motifs is 3. The van der Waals surface area contributed by atoms with Crippen LogP contribution in [-0.4, -0.2) is 40.0 Å². The van der Waals surface area contributed by atoms with Crippen molar-refractivity contribution in [2.24, 2.45) is 5.92 Å². The summed E-state index contributed by atoms with van der Waals surface area (Å²) in [6, 6.07) is 7.61. The summed E-state index contributed by atoms with van der Waals surface area (Å²) < 4.78 is 0. The van der Waals surface area contributed by atoms with Crippen LogP contribution in [0.5, 0.6) is 0 Å². The number of hydrogen-bond acceptors (Lipinski definition) is 4. The number of nitrogens with zero attached hydrogens (tertiary/aromatic N) is 3. The van der Waals surface area contributed by atoms with Crippen molar-refractivity contribution in [2.75, 3.05) is 18.4 Å². The summed E-state index contributed by atoms with van der Waals surface area (Å²) in [7, 11) is 0. The minimum atomic E-state index is 0.472. The Bertz CT molecular complexity index is 695. The molecule has 3 saturated heterocycles. The maximum atomic E-state index is 4.59. The monoisotopic (exact) mass is 322 g/mol. The van der Waals surface area contributed by atoms with Crippen molar-refractivity contribution < 1.29 is 0 Å². The molecular formula is C20H26N4. The Morgan fingerprint density at radius 2 is 1.58 bits per heavy atom. The number of benzene rings is 1. The molecule has 4 nitrogen and oxygen atoms in total. The number of aromatic nitrogens is 2. The Morgan fingerprint density at radius 1 is 0.958 bits per heavy atom. The summed E-state index contributed by atoms with van der Waals surface area (Å²) >= 11 is 0. The van der Waals surface area contributed by atoms with Crippen LogP contribution in [-0.2, 0) is 0 Å². The van der Waals surface area contributed by atoms with Gasteiger partial charge in [0.15, 0.2) is 0 Å². The van der Waals surface area contributed by atoms with Crippen molar-refractivity contribution in [3.8, 4) is 11.1 Å². The van der Waals surface area contributed by atoms with Crippen molar-refractivity contribution in [1.29, 1.82) is 0 Å². The lowest BCUT2D eigenvalue weighted by atomic mass is 9.79. The fraction of sp³-hybridized carbons (Fsp3) is 0.500. The van der Waals surface area contributed by atoms with Crippen molar-refractivity contribution in [3.63, 3.8) is 0 Å². The first kappa shape index (κ1) is 15.6. The fourth-order valence-corrected chi connectivity index (χ4v) is 4.39. The molecule has 2 unspecified atom stereocenters. The first-order valence-corrected chi connectivity index (χ1v) is 9.01. The normalized spacial score (nSPS) is 28.8. The van der Waals surface area contributed by atoms with E-state index in [4.69, 9.17) is 0 Å². The zero-order chi connectivity index (χ0) is 16.7. The molecule has 1 aromatic heterocycles. The molecule has 24 heavy (non-hydrogen) atoms. The first-order chi connectivity index (χ1) is 11.6. The maximum absolute atomic E-state index is 4.59. The largest absolute Gasteiger partial charge is 0.350 e. The second-order valence-electron chi connectivity index (χ2n) is 7.46. The molecule has 3 aliphatic heterocycles. The molecule has 0 radical (unpaired) electrons. The zero-order valence-electron chi connectivity index (χ0n) is 14.8. The van der Waals surface area contributed by atoms with Crippen LogP contribution in [0, 0.1) is 19.8 Å². The minimum Gasteiger partial charge on any atom is -0.350 e. The van der Waals surface area contributed by atoms with Crippen molar-refractivity contribution in [3.05, 3.63) is 41.7 Å². The first-order valence-electron chi connectivity index (χ1n) is 9.01. The van der Waals surface area contributed by atoms with Crippen LogP contribution in [0.3, 0.4) is 0 Å². The zero-order valence-corrected chi connectivity index (χ0v) is 14.8.